The van der Waals surface area contributed by atoms with Crippen molar-refractivity contribution in [2.24, 2.45) is 5.73 Å². The van der Waals surface area contributed by atoms with Crippen LogP contribution in [0.2, 0.25) is 0 Å². The van der Waals surface area contributed by atoms with E-state index in [0.29, 0.717) is 5.88 Å². The van der Waals surface area contributed by atoms with Gasteiger partial charge in [-0.25, -0.2) is 4.98 Å². The van der Waals surface area contributed by atoms with Crippen molar-refractivity contribution < 1.29 is 4.74 Å². The Kier molecular flexibility index (Phi) is 4.72. The van der Waals surface area contributed by atoms with E-state index in [0.717, 1.165) is 18.4 Å². The van der Waals surface area contributed by atoms with Gasteiger partial charge >= 0.3 is 0 Å². The average molecular weight is 222 g/mol. The van der Waals surface area contributed by atoms with E-state index >= 15 is 0 Å². The number of nitrogens with two attached hydrogens (primary N) is 2. The fourth-order valence-corrected chi connectivity index (χ4v) is 1.20. The maximum atomic E-state index is 5.80. The zero-order chi connectivity index (χ0) is 12.0. The van der Waals surface area contributed by atoms with Gasteiger partial charge in [-0.05, 0) is 12.8 Å². The highest BCUT2D eigenvalue weighted by Gasteiger charge is 2.02. The highest BCUT2D eigenvalue weighted by atomic mass is 16.5. The third kappa shape index (κ3) is 3.51. The number of methoxy groups -OCH3 is 1. The van der Waals surface area contributed by atoms with Gasteiger partial charge in [-0.2, -0.15) is 4.98 Å². The molecule has 5 nitrogen and oxygen atoms in total. The van der Waals surface area contributed by atoms with Crippen molar-refractivity contribution in [1.29, 1.82) is 0 Å². The Labute approximate surface area is 95.5 Å². The van der Waals surface area contributed by atoms with Crippen LogP contribution in [0.4, 0.5) is 5.95 Å². The van der Waals surface area contributed by atoms with Gasteiger partial charge in [0.2, 0.25) is 11.8 Å². The monoisotopic (exact) mass is 222 g/mol. The van der Waals surface area contributed by atoms with Crippen LogP contribution in [0.1, 0.15) is 25.3 Å². The molecule has 0 amide bonds. The highest BCUT2D eigenvalue weighted by molar-refractivity contribution is 5.54. The van der Waals surface area contributed by atoms with E-state index in [1.54, 1.807) is 13.3 Å². The summed E-state index contributed by atoms with van der Waals surface area (Å²) in [4.78, 5) is 7.88. The Morgan fingerprint density at radius 2 is 2.31 bits per heavy atom. The van der Waals surface area contributed by atoms with Crippen molar-refractivity contribution >= 4 is 12.0 Å². The van der Waals surface area contributed by atoms with E-state index < -0.39 is 0 Å². The van der Waals surface area contributed by atoms with Gasteiger partial charge in [-0.3, -0.25) is 0 Å². The lowest BCUT2D eigenvalue weighted by Gasteiger charge is -2.05. The number of ether oxygens (including phenoxy) is 1. The lowest BCUT2D eigenvalue weighted by Crippen LogP contribution is -2.16. The predicted molar refractivity (Wildman–Crippen MR) is 64.9 cm³/mol. The number of anilines is 1. The summed E-state index contributed by atoms with van der Waals surface area (Å²) >= 11 is 0. The van der Waals surface area contributed by atoms with Gasteiger partial charge < -0.3 is 16.2 Å². The molecule has 88 valence electrons. The topological polar surface area (TPSA) is 87.0 Å². The van der Waals surface area contributed by atoms with Crippen molar-refractivity contribution in [2.75, 3.05) is 12.8 Å². The van der Waals surface area contributed by atoms with Gasteiger partial charge in [0.25, 0.3) is 0 Å². The summed E-state index contributed by atoms with van der Waals surface area (Å²) in [6.45, 7) is 2.06. The Morgan fingerprint density at radius 1 is 1.56 bits per heavy atom. The number of hydrogen-bond donors (Lipinski definition) is 2. The average Bonchev–Trinajstić information content (AvgIpc) is 2.30. The lowest BCUT2D eigenvalue weighted by molar-refractivity contribution is 0.396. The Morgan fingerprint density at radius 3 is 2.94 bits per heavy atom. The standard InChI is InChI=1S/C11H18N4O/c1-3-9(12)6-4-5-8-7-14-11(13)15-10(8)16-2/h4-5,7,9H,3,6,12H2,1-2H3,(H2,13,14,15)/b5-4+/t9-/m0/s1. The summed E-state index contributed by atoms with van der Waals surface area (Å²) in [5.74, 6) is 0.688. The molecule has 1 rings (SSSR count). The summed E-state index contributed by atoms with van der Waals surface area (Å²) in [6.07, 6.45) is 7.30. The zero-order valence-electron chi connectivity index (χ0n) is 9.68. The fourth-order valence-electron chi connectivity index (χ4n) is 1.20. The number of aromatic nitrogens is 2. The third-order valence-electron chi connectivity index (χ3n) is 2.25. The third-order valence-corrected chi connectivity index (χ3v) is 2.25. The molecule has 1 aromatic rings. The molecule has 0 fully saturated rings. The van der Waals surface area contributed by atoms with Crippen molar-refractivity contribution in [2.45, 2.75) is 25.8 Å². The van der Waals surface area contributed by atoms with Crippen LogP contribution in [-0.2, 0) is 0 Å². The Hall–Kier alpha value is -1.62. The molecule has 0 radical (unpaired) electrons. The minimum Gasteiger partial charge on any atom is -0.480 e. The van der Waals surface area contributed by atoms with Gasteiger partial charge in [0.1, 0.15) is 0 Å². The van der Waals surface area contributed by atoms with Gasteiger partial charge in [-0.1, -0.05) is 19.1 Å². The van der Waals surface area contributed by atoms with Crippen LogP contribution >= 0.6 is 0 Å². The number of nitrogens with zero attached hydrogens (tertiary/aromatic N) is 2. The SMILES string of the molecule is CC[C@H](N)C/C=C/c1cnc(N)nc1OC. The van der Waals surface area contributed by atoms with E-state index in [1.165, 1.54) is 0 Å². The van der Waals surface area contributed by atoms with Crippen LogP contribution in [0, 0.1) is 0 Å². The van der Waals surface area contributed by atoms with E-state index in [-0.39, 0.29) is 12.0 Å². The predicted octanol–water partition coefficient (Wildman–Crippen LogP) is 1.21. The molecule has 1 atom stereocenters. The first-order valence-corrected chi connectivity index (χ1v) is 5.26. The number of hydrogen-bond acceptors (Lipinski definition) is 5. The minimum atomic E-state index is 0.192. The Balaban J connectivity index is 2.72. The first-order valence-electron chi connectivity index (χ1n) is 5.26. The van der Waals surface area contributed by atoms with Crippen LogP contribution in [0.25, 0.3) is 6.08 Å². The number of nitrogen functional groups attached to an aromatic ring is 1. The fraction of sp³-hybridized carbons (Fsp3) is 0.455. The molecule has 0 aliphatic carbocycles. The van der Waals surface area contributed by atoms with Gasteiger partial charge in [0.15, 0.2) is 0 Å². The molecule has 0 aliphatic rings. The maximum Gasteiger partial charge on any atom is 0.225 e. The first kappa shape index (κ1) is 12.4. The molecule has 0 unspecified atom stereocenters. The molecule has 4 N–H and O–H groups in total. The molecule has 1 heterocycles. The van der Waals surface area contributed by atoms with Gasteiger partial charge in [0.05, 0.1) is 12.7 Å². The molecule has 1 aromatic heterocycles. The normalized spacial score (nSPS) is 12.9. The molecule has 0 aromatic carbocycles. The zero-order valence-corrected chi connectivity index (χ0v) is 9.68. The summed E-state index contributed by atoms with van der Waals surface area (Å²) in [7, 11) is 1.55. The van der Waals surface area contributed by atoms with Crippen LogP contribution in [0.3, 0.4) is 0 Å². The molecule has 0 saturated heterocycles. The van der Waals surface area contributed by atoms with Crippen molar-refractivity contribution in [3.05, 3.63) is 17.8 Å². The van der Waals surface area contributed by atoms with Gasteiger partial charge in [0, 0.05) is 12.2 Å². The van der Waals surface area contributed by atoms with Gasteiger partial charge in [-0.15, -0.1) is 0 Å². The van der Waals surface area contributed by atoms with Crippen LogP contribution < -0.4 is 16.2 Å². The molecular formula is C11H18N4O. The maximum absolute atomic E-state index is 5.80. The van der Waals surface area contributed by atoms with Crippen LogP contribution in [0.15, 0.2) is 12.3 Å². The molecule has 0 saturated carbocycles. The molecule has 0 spiro atoms. The summed E-state index contributed by atoms with van der Waals surface area (Å²) in [6, 6.07) is 0.192. The van der Waals surface area contributed by atoms with Crippen molar-refractivity contribution in [3.63, 3.8) is 0 Å². The van der Waals surface area contributed by atoms with Crippen molar-refractivity contribution in [1.82, 2.24) is 9.97 Å². The molecule has 5 heteroatoms. The summed E-state index contributed by atoms with van der Waals surface area (Å²) in [5.41, 5.74) is 12.1. The second-order valence-electron chi connectivity index (χ2n) is 3.50. The molecule has 0 bridgehead atoms. The van der Waals surface area contributed by atoms with Crippen molar-refractivity contribution in [3.8, 4) is 5.88 Å². The minimum absolute atomic E-state index is 0.192. The van der Waals surface area contributed by atoms with Crippen LogP contribution in [-0.4, -0.2) is 23.1 Å². The molecule has 16 heavy (non-hydrogen) atoms. The highest BCUT2D eigenvalue weighted by Crippen LogP contribution is 2.16. The van der Waals surface area contributed by atoms with E-state index in [4.69, 9.17) is 16.2 Å². The van der Waals surface area contributed by atoms with E-state index in [9.17, 15) is 0 Å². The Bertz CT molecular complexity index is 365. The second kappa shape index (κ2) is 6.07. The molecular weight excluding hydrogens is 204 g/mol. The summed E-state index contributed by atoms with van der Waals surface area (Å²) in [5, 5.41) is 0. The lowest BCUT2D eigenvalue weighted by atomic mass is 10.1. The van der Waals surface area contributed by atoms with E-state index in [2.05, 4.69) is 16.9 Å². The van der Waals surface area contributed by atoms with Crippen LogP contribution in [0.5, 0.6) is 5.88 Å². The van der Waals surface area contributed by atoms with E-state index in [1.807, 2.05) is 12.2 Å². The quantitative estimate of drug-likeness (QED) is 0.781. The first-order chi connectivity index (χ1) is 7.67. The smallest absolute Gasteiger partial charge is 0.225 e. The molecule has 0 aliphatic heterocycles. The second-order valence-corrected chi connectivity index (χ2v) is 3.50. The number of rotatable bonds is 5. The summed E-state index contributed by atoms with van der Waals surface area (Å²) < 4.78 is 5.10. The largest absolute Gasteiger partial charge is 0.480 e.